The summed E-state index contributed by atoms with van der Waals surface area (Å²) >= 11 is 0. The van der Waals surface area contributed by atoms with E-state index in [-0.39, 0.29) is 11.2 Å². The Hall–Kier alpha value is -1.12. The van der Waals surface area contributed by atoms with Crippen molar-refractivity contribution in [2.45, 2.75) is 34.6 Å². The molecule has 0 spiro atoms. The lowest BCUT2D eigenvalue weighted by molar-refractivity contribution is 0.0856. The summed E-state index contributed by atoms with van der Waals surface area (Å²) < 4.78 is 4.94. The highest BCUT2D eigenvalue weighted by Crippen LogP contribution is 2.24. The second-order valence-corrected chi connectivity index (χ2v) is 4.28. The van der Waals surface area contributed by atoms with Crippen LogP contribution in [-0.2, 0) is 0 Å². The van der Waals surface area contributed by atoms with Crippen LogP contribution >= 0.6 is 0 Å². The van der Waals surface area contributed by atoms with Crippen molar-refractivity contribution in [1.82, 2.24) is 5.16 Å². The van der Waals surface area contributed by atoms with Gasteiger partial charge in [0.25, 0.3) is 0 Å². The average molecular weight is 181 g/mol. The van der Waals surface area contributed by atoms with Gasteiger partial charge in [-0.2, -0.15) is 0 Å². The van der Waals surface area contributed by atoms with Gasteiger partial charge in [-0.15, -0.1) is 0 Å². The summed E-state index contributed by atoms with van der Waals surface area (Å²) in [7, 11) is 0. The van der Waals surface area contributed by atoms with E-state index in [4.69, 9.17) is 4.52 Å². The highest BCUT2D eigenvalue weighted by Gasteiger charge is 2.28. The van der Waals surface area contributed by atoms with E-state index in [1.165, 1.54) is 0 Å². The Kier molecular flexibility index (Phi) is 2.28. The molecule has 0 atom stereocenters. The summed E-state index contributed by atoms with van der Waals surface area (Å²) in [5.41, 5.74) is 0.936. The van der Waals surface area contributed by atoms with Crippen molar-refractivity contribution >= 4 is 5.78 Å². The lowest BCUT2D eigenvalue weighted by Gasteiger charge is -2.15. The molecule has 3 nitrogen and oxygen atoms in total. The topological polar surface area (TPSA) is 43.1 Å². The standard InChI is InChI=1S/C10H15NO2/c1-6-8(7(2)13-11-6)9(12)10(3,4)5/h1-5H3. The Morgan fingerprint density at radius 1 is 1.31 bits per heavy atom. The first kappa shape index (κ1) is 9.96. The lowest BCUT2D eigenvalue weighted by Crippen LogP contribution is -2.21. The predicted octanol–water partition coefficient (Wildman–Crippen LogP) is 2.52. The van der Waals surface area contributed by atoms with Crippen LogP contribution < -0.4 is 0 Å². The molecule has 72 valence electrons. The monoisotopic (exact) mass is 181 g/mol. The number of ketones is 1. The zero-order valence-corrected chi connectivity index (χ0v) is 8.76. The van der Waals surface area contributed by atoms with E-state index in [0.29, 0.717) is 17.0 Å². The Morgan fingerprint density at radius 3 is 2.15 bits per heavy atom. The van der Waals surface area contributed by atoms with Crippen LogP contribution in [-0.4, -0.2) is 10.9 Å². The van der Waals surface area contributed by atoms with E-state index < -0.39 is 0 Å². The van der Waals surface area contributed by atoms with Gasteiger partial charge in [0, 0.05) is 5.41 Å². The predicted molar refractivity (Wildman–Crippen MR) is 49.8 cm³/mol. The Balaban J connectivity index is 3.16. The fourth-order valence-corrected chi connectivity index (χ4v) is 1.18. The van der Waals surface area contributed by atoms with Crippen LogP contribution in [0.5, 0.6) is 0 Å². The van der Waals surface area contributed by atoms with E-state index in [9.17, 15) is 4.79 Å². The van der Waals surface area contributed by atoms with Gasteiger partial charge in [0.2, 0.25) is 0 Å². The summed E-state index contributed by atoms with van der Waals surface area (Å²) in [5.74, 6) is 0.696. The molecule has 0 aliphatic carbocycles. The van der Waals surface area contributed by atoms with Crippen molar-refractivity contribution in [3.8, 4) is 0 Å². The third-order valence-electron chi connectivity index (χ3n) is 1.94. The third-order valence-corrected chi connectivity index (χ3v) is 1.94. The number of aryl methyl sites for hydroxylation is 2. The highest BCUT2D eigenvalue weighted by molar-refractivity contribution is 6.01. The van der Waals surface area contributed by atoms with Gasteiger partial charge in [0.05, 0.1) is 11.3 Å². The van der Waals surface area contributed by atoms with Crippen LogP contribution in [0.3, 0.4) is 0 Å². The quantitative estimate of drug-likeness (QED) is 0.625. The van der Waals surface area contributed by atoms with Gasteiger partial charge in [0.15, 0.2) is 5.78 Å². The number of aromatic nitrogens is 1. The molecule has 0 saturated heterocycles. The van der Waals surface area contributed by atoms with E-state index in [2.05, 4.69) is 5.16 Å². The largest absolute Gasteiger partial charge is 0.361 e. The Bertz CT molecular complexity index is 312. The van der Waals surface area contributed by atoms with Crippen LogP contribution in [0, 0.1) is 19.3 Å². The second kappa shape index (κ2) is 2.98. The van der Waals surface area contributed by atoms with Crippen LogP contribution in [0.25, 0.3) is 0 Å². The molecule has 3 heteroatoms. The van der Waals surface area contributed by atoms with Crippen molar-refractivity contribution < 1.29 is 9.32 Å². The number of rotatable bonds is 1. The van der Waals surface area contributed by atoms with Crippen molar-refractivity contribution in [2.24, 2.45) is 5.41 Å². The second-order valence-electron chi connectivity index (χ2n) is 4.28. The van der Waals surface area contributed by atoms with Crippen LogP contribution in [0.1, 0.15) is 42.6 Å². The molecule has 1 rings (SSSR count). The molecule has 0 bridgehead atoms. The maximum Gasteiger partial charge on any atom is 0.173 e. The molecule has 1 heterocycles. The molecule has 0 fully saturated rings. The first-order chi connectivity index (χ1) is 5.84. The minimum Gasteiger partial charge on any atom is -0.361 e. The average Bonchev–Trinajstić information content (AvgIpc) is 2.28. The van der Waals surface area contributed by atoms with Crippen LogP contribution in [0.15, 0.2) is 4.52 Å². The fourth-order valence-electron chi connectivity index (χ4n) is 1.18. The minimum absolute atomic E-state index is 0.0868. The molecule has 0 aromatic carbocycles. The molecule has 0 aliphatic heterocycles. The van der Waals surface area contributed by atoms with Crippen molar-refractivity contribution in [1.29, 1.82) is 0 Å². The summed E-state index contributed by atoms with van der Waals surface area (Å²) in [6.07, 6.45) is 0. The van der Waals surface area contributed by atoms with Gasteiger partial charge in [-0.1, -0.05) is 25.9 Å². The van der Waals surface area contributed by atoms with E-state index >= 15 is 0 Å². The number of Topliss-reactive ketones (excluding diaryl/α,β-unsaturated/α-hetero) is 1. The molecule has 1 aromatic heterocycles. The molecule has 0 N–H and O–H groups in total. The molecule has 0 amide bonds. The Labute approximate surface area is 78.1 Å². The van der Waals surface area contributed by atoms with Gasteiger partial charge in [-0.05, 0) is 13.8 Å². The number of hydrogen-bond acceptors (Lipinski definition) is 3. The number of hydrogen-bond donors (Lipinski definition) is 0. The summed E-state index contributed by atoms with van der Waals surface area (Å²) in [6.45, 7) is 9.22. The maximum atomic E-state index is 11.9. The molecule has 0 saturated carbocycles. The molecular weight excluding hydrogens is 166 g/mol. The molecular formula is C10H15NO2. The highest BCUT2D eigenvalue weighted by atomic mass is 16.5. The zero-order valence-electron chi connectivity index (χ0n) is 8.76. The minimum atomic E-state index is -0.374. The van der Waals surface area contributed by atoms with Gasteiger partial charge in [0.1, 0.15) is 5.76 Å². The fraction of sp³-hybridized carbons (Fsp3) is 0.600. The molecule has 0 radical (unpaired) electrons. The Morgan fingerprint density at radius 2 is 1.85 bits per heavy atom. The summed E-state index contributed by atoms with van der Waals surface area (Å²) in [6, 6.07) is 0. The maximum absolute atomic E-state index is 11.9. The lowest BCUT2D eigenvalue weighted by atomic mass is 9.86. The van der Waals surface area contributed by atoms with E-state index in [1.807, 2.05) is 20.8 Å². The summed E-state index contributed by atoms with van der Waals surface area (Å²) in [4.78, 5) is 11.9. The zero-order chi connectivity index (χ0) is 10.2. The SMILES string of the molecule is Cc1noc(C)c1C(=O)C(C)(C)C. The van der Waals surface area contributed by atoms with Crippen molar-refractivity contribution in [3.05, 3.63) is 17.0 Å². The molecule has 0 unspecified atom stereocenters. The third kappa shape index (κ3) is 1.79. The number of nitrogens with zero attached hydrogens (tertiary/aromatic N) is 1. The van der Waals surface area contributed by atoms with Gasteiger partial charge < -0.3 is 4.52 Å². The molecule has 1 aromatic rings. The normalized spacial score (nSPS) is 11.8. The van der Waals surface area contributed by atoms with Crippen LogP contribution in [0.2, 0.25) is 0 Å². The van der Waals surface area contributed by atoms with Crippen LogP contribution in [0.4, 0.5) is 0 Å². The molecule has 13 heavy (non-hydrogen) atoms. The van der Waals surface area contributed by atoms with Gasteiger partial charge in [-0.3, -0.25) is 4.79 Å². The first-order valence-corrected chi connectivity index (χ1v) is 4.31. The molecule has 0 aliphatic rings. The van der Waals surface area contributed by atoms with E-state index in [0.717, 1.165) is 0 Å². The summed E-state index contributed by atoms with van der Waals surface area (Å²) in [5, 5.41) is 3.75. The number of carbonyl (C=O) groups excluding carboxylic acids is 1. The van der Waals surface area contributed by atoms with Crippen molar-refractivity contribution in [2.75, 3.05) is 0 Å². The smallest absolute Gasteiger partial charge is 0.173 e. The van der Waals surface area contributed by atoms with Gasteiger partial charge >= 0.3 is 0 Å². The first-order valence-electron chi connectivity index (χ1n) is 4.31. The van der Waals surface area contributed by atoms with Gasteiger partial charge in [-0.25, -0.2) is 0 Å². The van der Waals surface area contributed by atoms with Crippen molar-refractivity contribution in [3.63, 3.8) is 0 Å². The van der Waals surface area contributed by atoms with E-state index in [1.54, 1.807) is 13.8 Å². The number of carbonyl (C=O) groups is 1.